The monoisotopic (exact) mass is 288 g/mol. The highest BCUT2D eigenvalue weighted by molar-refractivity contribution is 5.95. The molecule has 2 rings (SSSR count). The summed E-state index contributed by atoms with van der Waals surface area (Å²) >= 11 is 0. The molecule has 4 N–H and O–H groups in total. The maximum Gasteiger partial charge on any atom is 0.251 e. The number of carbonyl (C=O) groups excluding carboxylic acids is 1. The van der Waals surface area contributed by atoms with E-state index in [1.807, 2.05) is 0 Å². The van der Waals surface area contributed by atoms with Gasteiger partial charge in [0.15, 0.2) is 0 Å². The minimum absolute atomic E-state index is 0.270. The highest BCUT2D eigenvalue weighted by atomic mass is 19.1. The molecule has 0 radical (unpaired) electrons. The van der Waals surface area contributed by atoms with Gasteiger partial charge in [-0.25, -0.2) is 15.2 Å². The van der Waals surface area contributed by atoms with Crippen molar-refractivity contribution in [2.24, 2.45) is 5.84 Å². The molecule has 0 aliphatic rings. The fourth-order valence-electron chi connectivity index (χ4n) is 2.01. The molecule has 1 aromatic heterocycles. The zero-order valence-corrected chi connectivity index (χ0v) is 11.9. The molecule has 0 saturated heterocycles. The lowest BCUT2D eigenvalue weighted by Crippen LogP contribution is -2.27. The first-order valence-corrected chi connectivity index (χ1v) is 6.51. The number of benzene rings is 1. The lowest BCUT2D eigenvalue weighted by molar-refractivity contribution is 0.0939. The molecule has 0 fully saturated rings. The van der Waals surface area contributed by atoms with Crippen LogP contribution in [0.4, 0.5) is 10.2 Å². The summed E-state index contributed by atoms with van der Waals surface area (Å²) in [5.41, 5.74) is 4.23. The highest BCUT2D eigenvalue weighted by Gasteiger charge is 2.13. The number of hydrazine groups is 1. The second-order valence-electron chi connectivity index (χ2n) is 4.78. The number of aryl methyl sites for hydroxylation is 1. The number of nitrogen functional groups attached to an aromatic ring is 1. The second-order valence-corrected chi connectivity index (χ2v) is 4.78. The molecule has 5 nitrogen and oxygen atoms in total. The van der Waals surface area contributed by atoms with Crippen LogP contribution in [0.15, 0.2) is 36.4 Å². The van der Waals surface area contributed by atoms with Gasteiger partial charge in [0.1, 0.15) is 11.6 Å². The molecule has 0 aliphatic heterocycles. The van der Waals surface area contributed by atoms with Crippen molar-refractivity contribution in [3.05, 3.63) is 59.0 Å². The Labute approximate surface area is 122 Å². The van der Waals surface area contributed by atoms with E-state index in [1.54, 1.807) is 38.1 Å². The lowest BCUT2D eigenvalue weighted by atomic mass is 10.1. The maximum absolute atomic E-state index is 13.2. The summed E-state index contributed by atoms with van der Waals surface area (Å²) < 4.78 is 13.2. The van der Waals surface area contributed by atoms with E-state index in [0.717, 1.165) is 0 Å². The van der Waals surface area contributed by atoms with Gasteiger partial charge in [-0.2, -0.15) is 0 Å². The van der Waals surface area contributed by atoms with Crippen molar-refractivity contribution in [3.63, 3.8) is 0 Å². The van der Waals surface area contributed by atoms with E-state index < -0.39 is 0 Å². The normalized spacial score (nSPS) is 11.8. The van der Waals surface area contributed by atoms with Crippen LogP contribution >= 0.6 is 0 Å². The molecular weight excluding hydrogens is 271 g/mol. The summed E-state index contributed by atoms with van der Waals surface area (Å²) in [5.74, 6) is 5.13. The number of nitrogens with one attached hydrogen (secondary N) is 2. The Bertz CT molecular complexity index is 660. The number of amides is 1. The predicted octanol–water partition coefficient (Wildman–Crippen LogP) is 2.31. The Morgan fingerprint density at radius 1 is 1.33 bits per heavy atom. The molecule has 0 saturated carbocycles. The molecule has 1 amide bonds. The largest absolute Gasteiger partial charge is 0.346 e. The molecular formula is C15H17FN4O. The lowest BCUT2D eigenvalue weighted by Gasteiger charge is -2.15. The van der Waals surface area contributed by atoms with Gasteiger partial charge < -0.3 is 10.7 Å². The van der Waals surface area contributed by atoms with E-state index in [9.17, 15) is 9.18 Å². The first-order valence-electron chi connectivity index (χ1n) is 6.51. The van der Waals surface area contributed by atoms with Crippen LogP contribution in [0.1, 0.15) is 34.6 Å². The van der Waals surface area contributed by atoms with E-state index in [4.69, 9.17) is 5.84 Å². The van der Waals surface area contributed by atoms with Crippen LogP contribution in [-0.4, -0.2) is 10.9 Å². The third-order valence-electron chi connectivity index (χ3n) is 3.06. The number of hydrogen-bond acceptors (Lipinski definition) is 4. The Morgan fingerprint density at radius 2 is 2.10 bits per heavy atom. The number of anilines is 1. The number of hydrogen-bond donors (Lipinski definition) is 3. The smallest absolute Gasteiger partial charge is 0.251 e. The number of rotatable bonds is 4. The van der Waals surface area contributed by atoms with Crippen molar-refractivity contribution >= 4 is 11.7 Å². The average molecular weight is 288 g/mol. The number of aromatic nitrogens is 1. The van der Waals surface area contributed by atoms with E-state index in [-0.39, 0.29) is 17.8 Å². The quantitative estimate of drug-likeness (QED) is 0.596. The zero-order chi connectivity index (χ0) is 15.4. The van der Waals surface area contributed by atoms with Gasteiger partial charge in [0.25, 0.3) is 5.91 Å². The number of nitrogens with zero attached hydrogens (tertiary/aromatic N) is 1. The fraction of sp³-hybridized carbons (Fsp3) is 0.200. The maximum atomic E-state index is 13.2. The van der Waals surface area contributed by atoms with Crippen molar-refractivity contribution in [3.8, 4) is 0 Å². The van der Waals surface area contributed by atoms with Crippen LogP contribution < -0.4 is 16.6 Å². The van der Waals surface area contributed by atoms with Crippen LogP contribution in [0.5, 0.6) is 0 Å². The third-order valence-corrected chi connectivity index (χ3v) is 3.06. The molecule has 1 atom stereocenters. The van der Waals surface area contributed by atoms with Gasteiger partial charge in [0.05, 0.1) is 6.04 Å². The van der Waals surface area contributed by atoms with E-state index in [1.165, 1.54) is 12.1 Å². The predicted molar refractivity (Wildman–Crippen MR) is 79.1 cm³/mol. The number of carbonyl (C=O) groups is 1. The van der Waals surface area contributed by atoms with Crippen molar-refractivity contribution in [2.75, 3.05) is 5.43 Å². The Balaban J connectivity index is 2.16. The summed E-state index contributed by atoms with van der Waals surface area (Å²) in [4.78, 5) is 16.4. The Morgan fingerprint density at radius 3 is 2.76 bits per heavy atom. The molecule has 0 bridgehead atoms. The molecule has 21 heavy (non-hydrogen) atoms. The standard InChI is InChI=1S/C15H17FN4O/c1-9-6-12(8-14(18-9)20-17)15(21)19-10(2)11-4-3-5-13(16)7-11/h3-8,10H,17H2,1-2H3,(H,18,20)(H,19,21). The van der Waals surface area contributed by atoms with E-state index in [0.29, 0.717) is 22.6 Å². The molecule has 0 aliphatic carbocycles. The zero-order valence-electron chi connectivity index (χ0n) is 11.9. The minimum atomic E-state index is -0.331. The number of nitrogens with two attached hydrogens (primary N) is 1. The number of pyridine rings is 1. The summed E-state index contributed by atoms with van der Waals surface area (Å²) in [6.07, 6.45) is 0. The molecule has 6 heteroatoms. The van der Waals surface area contributed by atoms with Gasteiger partial charge in [-0.3, -0.25) is 4.79 Å². The second kappa shape index (κ2) is 6.32. The van der Waals surface area contributed by atoms with Crippen LogP contribution in [0.3, 0.4) is 0 Å². The SMILES string of the molecule is Cc1cc(C(=O)NC(C)c2cccc(F)c2)cc(NN)n1. The Kier molecular flexibility index (Phi) is 4.49. The topological polar surface area (TPSA) is 80.0 Å². The fourth-order valence-corrected chi connectivity index (χ4v) is 2.01. The minimum Gasteiger partial charge on any atom is -0.346 e. The van der Waals surface area contributed by atoms with Crippen molar-refractivity contribution in [1.82, 2.24) is 10.3 Å². The van der Waals surface area contributed by atoms with E-state index in [2.05, 4.69) is 15.7 Å². The van der Waals surface area contributed by atoms with E-state index >= 15 is 0 Å². The van der Waals surface area contributed by atoms with Crippen molar-refractivity contribution in [2.45, 2.75) is 19.9 Å². The van der Waals surface area contributed by atoms with Gasteiger partial charge in [0.2, 0.25) is 0 Å². The third kappa shape index (κ3) is 3.76. The van der Waals surface area contributed by atoms with Crippen molar-refractivity contribution < 1.29 is 9.18 Å². The van der Waals surface area contributed by atoms with Crippen molar-refractivity contribution in [1.29, 1.82) is 0 Å². The summed E-state index contributed by atoms with van der Waals surface area (Å²) in [5, 5.41) is 2.82. The molecule has 110 valence electrons. The average Bonchev–Trinajstić information content (AvgIpc) is 2.46. The van der Waals surface area contributed by atoms with Crippen LogP contribution in [0.25, 0.3) is 0 Å². The molecule has 1 unspecified atom stereocenters. The first-order chi connectivity index (χ1) is 9.99. The van der Waals surface area contributed by atoms with Crippen LogP contribution in [0.2, 0.25) is 0 Å². The first kappa shape index (κ1) is 14.9. The highest BCUT2D eigenvalue weighted by Crippen LogP contribution is 2.15. The van der Waals surface area contributed by atoms with Crippen LogP contribution in [-0.2, 0) is 0 Å². The molecule has 1 heterocycles. The van der Waals surface area contributed by atoms with Gasteiger partial charge in [-0.05, 0) is 43.7 Å². The van der Waals surface area contributed by atoms with Gasteiger partial charge in [0, 0.05) is 11.3 Å². The van der Waals surface area contributed by atoms with Gasteiger partial charge >= 0.3 is 0 Å². The van der Waals surface area contributed by atoms with Gasteiger partial charge in [-0.15, -0.1) is 0 Å². The summed E-state index contributed by atoms with van der Waals surface area (Å²) in [6.45, 7) is 3.57. The van der Waals surface area contributed by atoms with Gasteiger partial charge in [-0.1, -0.05) is 12.1 Å². The molecule has 2 aromatic rings. The molecule has 1 aromatic carbocycles. The molecule has 0 spiro atoms. The Hall–Kier alpha value is -2.47. The summed E-state index contributed by atoms with van der Waals surface area (Å²) in [7, 11) is 0. The van der Waals surface area contributed by atoms with Crippen LogP contribution in [0, 0.1) is 12.7 Å². The number of halogens is 1. The summed E-state index contributed by atoms with van der Waals surface area (Å²) in [6, 6.07) is 9.05.